The summed E-state index contributed by atoms with van der Waals surface area (Å²) in [6.07, 6.45) is 44.3. The van der Waals surface area contributed by atoms with Gasteiger partial charge in [0, 0.05) is 22.1 Å². The Balaban J connectivity index is 0.00000115. The van der Waals surface area contributed by atoms with Crippen LogP contribution in [0.1, 0.15) is 291 Å². The van der Waals surface area contributed by atoms with Crippen molar-refractivity contribution < 1.29 is 69.2 Å². The van der Waals surface area contributed by atoms with Crippen LogP contribution in [0.2, 0.25) is 0 Å². The van der Waals surface area contributed by atoms with Crippen LogP contribution in [0.25, 0.3) is 0 Å². The van der Waals surface area contributed by atoms with Crippen LogP contribution < -0.4 is 30.6 Å². The fourth-order valence-corrected chi connectivity index (χ4v) is 16.4. The second-order valence-corrected chi connectivity index (χ2v) is 30.1. The SMILES string of the molecule is CCCCCCCCCc1ccc(P(=O)([O-])CC(CC)CCCC)cc1.CCCCCCCCCc1ccc(P(=O)([O-])CC(CC)CCCC)cc1.CCCCCCCCCc1ccc(P(=O)([O-])CC(CC)CCCC)cc1.[Nd+3]. The zero-order valence-electron chi connectivity index (χ0n) is 52.5. The molecular formula is C69H120NdO6P3. The minimum absolute atomic E-state index is 0. The molecule has 10 heteroatoms. The molecule has 0 saturated heterocycles. The minimum Gasteiger partial charge on any atom is -0.796 e. The van der Waals surface area contributed by atoms with Gasteiger partial charge in [0.1, 0.15) is 0 Å². The fraction of sp³-hybridized carbons (Fsp3) is 0.739. The smallest absolute Gasteiger partial charge is 0.796 e. The molecule has 0 fully saturated rings. The Labute approximate surface area is 522 Å². The van der Waals surface area contributed by atoms with Gasteiger partial charge in [-0.25, -0.2) is 0 Å². The van der Waals surface area contributed by atoms with E-state index in [9.17, 15) is 28.4 Å². The Hall–Kier alpha value is -0.419. The molecule has 0 N–H and O–H groups in total. The summed E-state index contributed by atoms with van der Waals surface area (Å²) in [5, 5.41) is 1.57. The van der Waals surface area contributed by atoms with E-state index in [1.165, 1.54) is 152 Å². The van der Waals surface area contributed by atoms with Crippen molar-refractivity contribution in [2.24, 2.45) is 17.8 Å². The molecule has 79 heavy (non-hydrogen) atoms. The van der Waals surface area contributed by atoms with Gasteiger partial charge in [-0.2, -0.15) is 0 Å². The minimum atomic E-state index is -3.48. The molecule has 0 heterocycles. The van der Waals surface area contributed by atoms with Gasteiger partial charge in [-0.1, -0.05) is 328 Å². The molecule has 3 aromatic rings. The Morgan fingerprint density at radius 2 is 0.481 bits per heavy atom. The van der Waals surface area contributed by atoms with E-state index in [0.29, 0.717) is 52.2 Å². The first kappa shape index (κ1) is 78.6. The average Bonchev–Trinajstić information content (AvgIpc) is 3.45. The first-order chi connectivity index (χ1) is 37.6. The van der Waals surface area contributed by atoms with E-state index in [2.05, 4.69) is 62.3 Å². The van der Waals surface area contributed by atoms with Crippen LogP contribution >= 0.6 is 22.1 Å². The molecule has 451 valence electrons. The third-order valence-electron chi connectivity index (χ3n) is 16.3. The third-order valence-corrected chi connectivity index (χ3v) is 22.6. The number of unbranched alkanes of at least 4 members (excludes halogenated alkanes) is 21. The van der Waals surface area contributed by atoms with Gasteiger partial charge >= 0.3 is 40.8 Å². The van der Waals surface area contributed by atoms with Gasteiger partial charge in [-0.05, 0) is 107 Å². The average molecular weight is 1280 g/mol. The zero-order valence-corrected chi connectivity index (χ0v) is 58.4. The molecule has 0 aliphatic heterocycles. The second kappa shape index (κ2) is 49.8. The van der Waals surface area contributed by atoms with Crippen molar-refractivity contribution in [2.45, 2.75) is 293 Å². The van der Waals surface area contributed by atoms with Crippen LogP contribution in [0.4, 0.5) is 0 Å². The van der Waals surface area contributed by atoms with E-state index in [-0.39, 0.29) is 40.8 Å². The van der Waals surface area contributed by atoms with Crippen molar-refractivity contribution in [2.75, 3.05) is 18.5 Å². The van der Waals surface area contributed by atoms with Crippen LogP contribution in [0.3, 0.4) is 0 Å². The summed E-state index contributed by atoms with van der Waals surface area (Å²) in [5.74, 6) is 0.891. The maximum atomic E-state index is 12.7. The molecule has 6 unspecified atom stereocenters. The Morgan fingerprint density at radius 3 is 0.671 bits per heavy atom. The molecule has 1 radical (unpaired) electrons. The molecule has 6 nitrogen and oxygen atoms in total. The van der Waals surface area contributed by atoms with Crippen molar-refractivity contribution in [1.82, 2.24) is 0 Å². The van der Waals surface area contributed by atoms with Crippen molar-refractivity contribution in [1.29, 1.82) is 0 Å². The molecule has 0 spiro atoms. The van der Waals surface area contributed by atoms with Crippen LogP contribution in [0, 0.1) is 58.6 Å². The van der Waals surface area contributed by atoms with E-state index in [1.807, 2.05) is 72.8 Å². The largest absolute Gasteiger partial charge is 3.00 e. The summed E-state index contributed by atoms with van der Waals surface area (Å²) in [6.45, 7) is 19.5. The van der Waals surface area contributed by atoms with Gasteiger partial charge in [-0.3, -0.25) is 0 Å². The normalized spacial score (nSPS) is 14.7. The van der Waals surface area contributed by atoms with E-state index in [0.717, 1.165) is 96.3 Å². The monoisotopic (exact) mass is 1280 g/mol. The topological polar surface area (TPSA) is 120 Å². The van der Waals surface area contributed by atoms with Crippen molar-refractivity contribution in [3.63, 3.8) is 0 Å². The van der Waals surface area contributed by atoms with Gasteiger partial charge in [0.05, 0.1) is 0 Å². The third kappa shape index (κ3) is 38.3. The molecule has 0 amide bonds. The van der Waals surface area contributed by atoms with Crippen LogP contribution in [0.15, 0.2) is 72.8 Å². The maximum absolute atomic E-state index is 12.7. The molecule has 0 aliphatic carbocycles. The molecule has 3 rings (SSSR count). The van der Waals surface area contributed by atoms with Crippen LogP contribution in [-0.4, -0.2) is 18.5 Å². The first-order valence-electron chi connectivity index (χ1n) is 32.8. The molecule has 3 aromatic carbocycles. The number of hydrogen-bond donors (Lipinski definition) is 0. The molecule has 0 aromatic heterocycles. The van der Waals surface area contributed by atoms with Gasteiger partial charge in [0.15, 0.2) is 0 Å². The summed E-state index contributed by atoms with van der Waals surface area (Å²) in [5.41, 5.74) is 3.79. The van der Waals surface area contributed by atoms with E-state index in [4.69, 9.17) is 0 Å². The predicted octanol–water partition coefficient (Wildman–Crippen LogP) is 19.4. The number of rotatable bonds is 45. The van der Waals surface area contributed by atoms with Gasteiger partial charge in [0.2, 0.25) is 0 Å². The Morgan fingerprint density at radius 1 is 0.291 bits per heavy atom. The van der Waals surface area contributed by atoms with Crippen molar-refractivity contribution in [3.8, 4) is 0 Å². The molecular weight excluding hydrogens is 1160 g/mol. The molecule has 6 atom stereocenters. The Kier molecular flexibility index (Phi) is 49.5. The number of benzene rings is 3. The summed E-state index contributed by atoms with van der Waals surface area (Å²) in [7, 11) is -10.4. The quantitative estimate of drug-likeness (QED) is 0.0410. The molecule has 0 saturated carbocycles. The van der Waals surface area contributed by atoms with Crippen molar-refractivity contribution in [3.05, 3.63) is 89.5 Å². The predicted molar refractivity (Wildman–Crippen MR) is 341 cm³/mol. The van der Waals surface area contributed by atoms with E-state index < -0.39 is 22.1 Å². The zero-order chi connectivity index (χ0) is 57.8. The van der Waals surface area contributed by atoms with Crippen molar-refractivity contribution >= 4 is 38.0 Å². The summed E-state index contributed by atoms with van der Waals surface area (Å²) < 4.78 is 38.1. The summed E-state index contributed by atoms with van der Waals surface area (Å²) >= 11 is 0. The first-order valence-corrected chi connectivity index (χ1v) is 38.2. The van der Waals surface area contributed by atoms with Gasteiger partial charge < -0.3 is 28.4 Å². The maximum Gasteiger partial charge on any atom is 3.00 e. The van der Waals surface area contributed by atoms with Gasteiger partial charge in [0.25, 0.3) is 0 Å². The number of aryl methyl sites for hydroxylation is 3. The number of hydrogen-bond acceptors (Lipinski definition) is 6. The molecule has 0 bridgehead atoms. The summed E-state index contributed by atoms with van der Waals surface area (Å²) in [6, 6.07) is 23.1. The van der Waals surface area contributed by atoms with Crippen LogP contribution in [-0.2, 0) is 33.0 Å². The molecule has 0 aliphatic rings. The second-order valence-electron chi connectivity index (χ2n) is 23.4. The standard InChI is InChI=1S/3C23H41O2P.Nd/c3*1-4-7-9-10-11-12-13-15-22-16-18-23(19-17-22)26(24,25)20-21(6-3)14-8-5-2;/h3*16-19,21H,4-15,20H2,1-3H3,(H,24,25);/q;;;+3/p-3. The van der Waals surface area contributed by atoms with E-state index >= 15 is 0 Å². The fourth-order valence-electron chi connectivity index (χ4n) is 10.6. The summed E-state index contributed by atoms with van der Waals surface area (Å²) in [4.78, 5) is 38.1. The van der Waals surface area contributed by atoms with E-state index in [1.54, 1.807) is 0 Å². The van der Waals surface area contributed by atoms with Crippen LogP contribution in [0.5, 0.6) is 0 Å². The Bertz CT molecular complexity index is 1760. The van der Waals surface area contributed by atoms with Gasteiger partial charge in [-0.15, -0.1) is 0 Å².